The van der Waals surface area contributed by atoms with Gasteiger partial charge in [0.05, 0.1) is 16.5 Å². The highest BCUT2D eigenvalue weighted by molar-refractivity contribution is 6.30. The second-order valence-corrected chi connectivity index (χ2v) is 8.25. The van der Waals surface area contributed by atoms with Gasteiger partial charge in [0.1, 0.15) is 5.82 Å². The molecule has 1 aromatic rings. The van der Waals surface area contributed by atoms with Gasteiger partial charge < -0.3 is 14.9 Å². The van der Waals surface area contributed by atoms with E-state index in [2.05, 4.69) is 14.8 Å². The van der Waals surface area contributed by atoms with Crippen LogP contribution in [0.1, 0.15) is 44.9 Å². The highest BCUT2D eigenvalue weighted by Gasteiger charge is 2.50. The number of hydrogen-bond acceptors (Lipinski definition) is 4. The van der Waals surface area contributed by atoms with E-state index in [9.17, 15) is 9.90 Å². The van der Waals surface area contributed by atoms with Gasteiger partial charge >= 0.3 is 0 Å². The molecule has 0 atom stereocenters. The van der Waals surface area contributed by atoms with Crippen LogP contribution in [0, 0.1) is 5.41 Å². The molecule has 1 spiro atoms. The van der Waals surface area contributed by atoms with E-state index in [-0.39, 0.29) is 11.5 Å². The van der Waals surface area contributed by atoms with Crippen LogP contribution in [0.3, 0.4) is 0 Å². The number of aliphatic hydroxyl groups excluding tert-OH is 1. The average Bonchev–Trinajstić information content (AvgIpc) is 2.94. The molecule has 2 aliphatic heterocycles. The van der Waals surface area contributed by atoms with Crippen LogP contribution in [0.25, 0.3) is 0 Å². The third kappa shape index (κ3) is 3.24. The Balaban J connectivity index is 1.39. The molecule has 5 nitrogen and oxygen atoms in total. The lowest BCUT2D eigenvalue weighted by Gasteiger charge is -2.40. The number of anilines is 1. The molecular weight excluding hydrogens is 338 g/mol. The fourth-order valence-electron chi connectivity index (χ4n) is 4.75. The van der Waals surface area contributed by atoms with E-state index in [1.54, 1.807) is 6.20 Å². The molecule has 1 saturated carbocycles. The van der Waals surface area contributed by atoms with Crippen LogP contribution in [0.2, 0.25) is 5.02 Å². The van der Waals surface area contributed by atoms with Crippen molar-refractivity contribution in [1.29, 1.82) is 0 Å². The smallest absolute Gasteiger partial charge is 0.229 e. The van der Waals surface area contributed by atoms with Crippen molar-refractivity contribution >= 4 is 23.3 Å². The van der Waals surface area contributed by atoms with Crippen LogP contribution >= 0.6 is 11.6 Å². The van der Waals surface area contributed by atoms with E-state index in [0.717, 1.165) is 70.4 Å². The molecule has 0 radical (unpaired) electrons. The van der Waals surface area contributed by atoms with Crippen molar-refractivity contribution in [3.63, 3.8) is 0 Å². The third-order valence-corrected chi connectivity index (χ3v) is 6.63. The fourth-order valence-corrected chi connectivity index (χ4v) is 4.86. The van der Waals surface area contributed by atoms with Crippen LogP contribution in [0.15, 0.2) is 18.3 Å². The molecule has 6 heteroatoms. The van der Waals surface area contributed by atoms with Crippen molar-refractivity contribution < 1.29 is 9.90 Å². The summed E-state index contributed by atoms with van der Waals surface area (Å²) >= 11 is 5.92. The van der Waals surface area contributed by atoms with E-state index in [0.29, 0.717) is 17.0 Å². The highest BCUT2D eigenvalue weighted by atomic mass is 35.5. The zero-order valence-corrected chi connectivity index (χ0v) is 15.3. The summed E-state index contributed by atoms with van der Waals surface area (Å²) in [5.41, 5.74) is -0.168. The van der Waals surface area contributed by atoms with Crippen LogP contribution in [0.5, 0.6) is 0 Å². The van der Waals surface area contributed by atoms with E-state index < -0.39 is 0 Å². The third-order valence-electron chi connectivity index (χ3n) is 6.41. The van der Waals surface area contributed by atoms with Crippen molar-refractivity contribution in [3.05, 3.63) is 23.4 Å². The summed E-state index contributed by atoms with van der Waals surface area (Å²) in [5.74, 6) is 1.31. The minimum atomic E-state index is -0.168. The first kappa shape index (κ1) is 17.1. The number of rotatable bonds is 2. The lowest BCUT2D eigenvalue weighted by molar-refractivity contribution is -0.139. The number of halogens is 1. The van der Waals surface area contributed by atoms with Crippen molar-refractivity contribution in [1.82, 2.24) is 9.88 Å². The maximum atomic E-state index is 13.2. The fraction of sp³-hybridized carbons (Fsp3) is 0.684. The predicted octanol–water partition coefficient (Wildman–Crippen LogP) is 2.86. The van der Waals surface area contributed by atoms with Gasteiger partial charge in [-0.2, -0.15) is 0 Å². The van der Waals surface area contributed by atoms with Gasteiger partial charge in [-0.15, -0.1) is 0 Å². The topological polar surface area (TPSA) is 56.7 Å². The van der Waals surface area contributed by atoms with Crippen molar-refractivity contribution in [2.75, 3.05) is 24.5 Å². The number of aliphatic hydroxyl groups is 1. The van der Waals surface area contributed by atoms with Gasteiger partial charge in [0.2, 0.25) is 5.91 Å². The maximum Gasteiger partial charge on any atom is 0.229 e. The molecule has 0 aromatic carbocycles. The normalized spacial score (nSPS) is 29.4. The molecule has 0 unspecified atom stereocenters. The Morgan fingerprint density at radius 2 is 1.76 bits per heavy atom. The summed E-state index contributed by atoms with van der Waals surface area (Å²) in [6.45, 7) is 2.63. The summed E-state index contributed by atoms with van der Waals surface area (Å²) < 4.78 is 0. The zero-order chi connectivity index (χ0) is 17.4. The molecule has 1 N–H and O–H groups in total. The Bertz CT molecular complexity index is 620. The molecule has 3 fully saturated rings. The van der Waals surface area contributed by atoms with Gasteiger partial charge in [0.25, 0.3) is 0 Å². The van der Waals surface area contributed by atoms with E-state index in [4.69, 9.17) is 11.6 Å². The molecule has 136 valence electrons. The van der Waals surface area contributed by atoms with Crippen LogP contribution in [-0.2, 0) is 4.79 Å². The van der Waals surface area contributed by atoms with Gasteiger partial charge in [0.15, 0.2) is 0 Å². The molecule has 1 aliphatic carbocycles. The van der Waals surface area contributed by atoms with E-state index >= 15 is 0 Å². The Labute approximate surface area is 154 Å². The molecule has 3 heterocycles. The number of pyridine rings is 1. The Hall–Kier alpha value is -1.33. The van der Waals surface area contributed by atoms with Crippen LogP contribution in [-0.4, -0.2) is 52.7 Å². The second-order valence-electron chi connectivity index (χ2n) is 7.81. The largest absolute Gasteiger partial charge is 0.393 e. The number of likely N-dealkylation sites (tertiary alicyclic amines) is 1. The summed E-state index contributed by atoms with van der Waals surface area (Å²) in [6.07, 6.45) is 7.86. The quantitative estimate of drug-likeness (QED) is 0.877. The molecular formula is C19H26ClN3O2. The number of amides is 1. The standard InChI is InChI=1S/C19H26ClN3O2/c20-14-1-6-17(21-13-14)22-10-7-19(8-11-22)9-12-23(18(19)25)15-2-4-16(24)5-3-15/h1,6,13,15-16,24H,2-5,7-12H2. The Morgan fingerprint density at radius 1 is 1.08 bits per heavy atom. The van der Waals surface area contributed by atoms with Gasteiger partial charge in [-0.3, -0.25) is 4.79 Å². The molecule has 1 aromatic heterocycles. The van der Waals surface area contributed by atoms with E-state index in [1.807, 2.05) is 12.1 Å². The first-order valence-corrected chi connectivity index (χ1v) is 9.81. The number of hydrogen-bond donors (Lipinski definition) is 1. The zero-order valence-electron chi connectivity index (χ0n) is 14.5. The molecule has 1 amide bonds. The van der Waals surface area contributed by atoms with Crippen molar-refractivity contribution in [3.8, 4) is 0 Å². The molecule has 2 saturated heterocycles. The van der Waals surface area contributed by atoms with Crippen molar-refractivity contribution in [2.45, 2.75) is 57.1 Å². The SMILES string of the molecule is O=C1N(C2CCC(O)CC2)CCC12CCN(c1ccc(Cl)cn1)CC2. The highest BCUT2D eigenvalue weighted by Crippen LogP contribution is 2.44. The minimum Gasteiger partial charge on any atom is -0.393 e. The summed E-state index contributed by atoms with van der Waals surface area (Å²) in [7, 11) is 0. The summed E-state index contributed by atoms with van der Waals surface area (Å²) in [4.78, 5) is 22.0. The van der Waals surface area contributed by atoms with Gasteiger partial charge in [-0.25, -0.2) is 4.98 Å². The second kappa shape index (κ2) is 6.76. The average molecular weight is 364 g/mol. The summed E-state index contributed by atoms with van der Waals surface area (Å²) in [6, 6.07) is 4.16. The molecule has 0 bridgehead atoms. The maximum absolute atomic E-state index is 13.2. The molecule has 4 rings (SSSR count). The number of aromatic nitrogens is 1. The van der Waals surface area contributed by atoms with Gasteiger partial charge in [0, 0.05) is 31.9 Å². The number of nitrogens with zero attached hydrogens (tertiary/aromatic N) is 3. The molecule has 25 heavy (non-hydrogen) atoms. The van der Waals surface area contributed by atoms with Gasteiger partial charge in [-0.1, -0.05) is 11.6 Å². The number of carbonyl (C=O) groups excluding carboxylic acids is 1. The number of piperidine rings is 1. The monoisotopic (exact) mass is 363 g/mol. The van der Waals surface area contributed by atoms with E-state index in [1.165, 1.54) is 0 Å². The first-order chi connectivity index (χ1) is 12.1. The van der Waals surface area contributed by atoms with Crippen molar-refractivity contribution in [2.24, 2.45) is 5.41 Å². The predicted molar refractivity (Wildman–Crippen MR) is 97.7 cm³/mol. The summed E-state index contributed by atoms with van der Waals surface area (Å²) in [5, 5.41) is 10.4. The molecule has 3 aliphatic rings. The Kier molecular flexibility index (Phi) is 4.63. The lowest BCUT2D eigenvalue weighted by atomic mass is 9.77. The Morgan fingerprint density at radius 3 is 2.40 bits per heavy atom. The van der Waals surface area contributed by atoms with Gasteiger partial charge in [-0.05, 0) is 57.1 Å². The lowest BCUT2D eigenvalue weighted by Crippen LogP contribution is -2.47. The minimum absolute atomic E-state index is 0.168. The van der Waals surface area contributed by atoms with Crippen LogP contribution in [0.4, 0.5) is 5.82 Å². The number of carbonyl (C=O) groups is 1. The first-order valence-electron chi connectivity index (χ1n) is 9.43. The van der Waals surface area contributed by atoms with Crippen LogP contribution < -0.4 is 4.90 Å².